The Kier molecular flexibility index (Phi) is 6.22. The quantitative estimate of drug-likeness (QED) is 0.480. The molecule has 0 nitrogen and oxygen atoms in total. The summed E-state index contributed by atoms with van der Waals surface area (Å²) in [6.07, 6.45) is 22.5. The predicted octanol–water partition coefficient (Wildman–Crippen LogP) is 4.40. The van der Waals surface area contributed by atoms with Gasteiger partial charge in [-0.15, -0.1) is 0 Å². The van der Waals surface area contributed by atoms with Gasteiger partial charge in [0.2, 0.25) is 0 Å². The number of allylic oxidation sites excluding steroid dienone is 6. The number of hydrogen-bond donors (Lipinski definition) is 0. The second-order valence-corrected chi connectivity index (χ2v) is 3.54. The lowest BCUT2D eigenvalue weighted by Crippen LogP contribution is -1.72. The molecule has 0 saturated carbocycles. The average molecular weight is 176 g/mol. The summed E-state index contributed by atoms with van der Waals surface area (Å²) >= 11 is 0. The molecule has 72 valence electrons. The Morgan fingerprint density at radius 3 is 1.62 bits per heavy atom. The monoisotopic (exact) mass is 176 g/mol. The lowest BCUT2D eigenvalue weighted by molar-refractivity contribution is 0.759. The normalized spacial score (nSPS) is 27.7. The third-order valence-electron chi connectivity index (χ3n) is 2.28. The van der Waals surface area contributed by atoms with E-state index in [4.69, 9.17) is 0 Å². The van der Waals surface area contributed by atoms with E-state index in [0.29, 0.717) is 0 Å². The summed E-state index contributed by atoms with van der Waals surface area (Å²) in [7, 11) is 0. The molecule has 0 fully saturated rings. The largest absolute Gasteiger partial charge is 0.0885 e. The van der Waals surface area contributed by atoms with Crippen molar-refractivity contribution in [2.24, 2.45) is 0 Å². The van der Waals surface area contributed by atoms with Crippen LogP contribution in [-0.2, 0) is 0 Å². The molecule has 1 aliphatic rings. The highest BCUT2D eigenvalue weighted by Crippen LogP contribution is 2.05. The SMILES string of the molecule is C1=C\CCCC/C=C\CCC/C=C/1. The Hall–Kier alpha value is -0.780. The topological polar surface area (TPSA) is 0 Å². The summed E-state index contributed by atoms with van der Waals surface area (Å²) in [5.41, 5.74) is 0. The fourth-order valence-electron chi connectivity index (χ4n) is 1.46. The third kappa shape index (κ3) is 6.39. The van der Waals surface area contributed by atoms with Gasteiger partial charge in [-0.2, -0.15) is 0 Å². The minimum absolute atomic E-state index is 1.22. The molecular formula is C13H20. The lowest BCUT2D eigenvalue weighted by atomic mass is 10.1. The van der Waals surface area contributed by atoms with Crippen LogP contribution in [0.25, 0.3) is 0 Å². The van der Waals surface area contributed by atoms with Crippen LogP contribution in [0.1, 0.15) is 44.9 Å². The van der Waals surface area contributed by atoms with Crippen LogP contribution < -0.4 is 0 Å². The highest BCUT2D eigenvalue weighted by molar-refractivity contribution is 5.02. The molecule has 0 aromatic heterocycles. The summed E-state index contributed by atoms with van der Waals surface area (Å²) in [5, 5.41) is 0. The maximum absolute atomic E-state index is 2.34. The molecule has 1 rings (SSSR count). The molecule has 13 heavy (non-hydrogen) atoms. The van der Waals surface area contributed by atoms with Gasteiger partial charge in [0.05, 0.1) is 0 Å². The van der Waals surface area contributed by atoms with Crippen LogP contribution >= 0.6 is 0 Å². The van der Waals surface area contributed by atoms with Crippen molar-refractivity contribution in [3.05, 3.63) is 36.5 Å². The Labute approximate surface area is 82.0 Å². The van der Waals surface area contributed by atoms with Gasteiger partial charge in [-0.25, -0.2) is 0 Å². The van der Waals surface area contributed by atoms with Crippen LogP contribution in [0, 0.1) is 0 Å². The van der Waals surface area contributed by atoms with Gasteiger partial charge in [0.1, 0.15) is 0 Å². The first-order valence-corrected chi connectivity index (χ1v) is 5.47. The van der Waals surface area contributed by atoms with E-state index in [2.05, 4.69) is 36.5 Å². The molecule has 0 bridgehead atoms. The van der Waals surface area contributed by atoms with Gasteiger partial charge in [0, 0.05) is 0 Å². The molecule has 0 aromatic carbocycles. The van der Waals surface area contributed by atoms with Crippen molar-refractivity contribution in [3.63, 3.8) is 0 Å². The van der Waals surface area contributed by atoms with E-state index in [1.807, 2.05) is 0 Å². The highest BCUT2D eigenvalue weighted by Gasteiger charge is 1.85. The minimum atomic E-state index is 1.22. The van der Waals surface area contributed by atoms with Crippen molar-refractivity contribution in [1.29, 1.82) is 0 Å². The molecule has 0 spiro atoms. The zero-order valence-electron chi connectivity index (χ0n) is 8.41. The first-order valence-electron chi connectivity index (χ1n) is 5.47. The van der Waals surface area contributed by atoms with Gasteiger partial charge in [-0.3, -0.25) is 0 Å². The van der Waals surface area contributed by atoms with E-state index in [-0.39, 0.29) is 0 Å². The van der Waals surface area contributed by atoms with E-state index in [1.165, 1.54) is 44.9 Å². The van der Waals surface area contributed by atoms with E-state index >= 15 is 0 Å². The second-order valence-electron chi connectivity index (χ2n) is 3.54. The standard InChI is InChI=1S/C13H20/c1-2-4-6-8-10-12-13-11-9-7-5-3-1/h1-4,11,13H,5-10,12H2/b3-1+,4-2-,13-11-. The molecule has 0 heteroatoms. The van der Waals surface area contributed by atoms with Crippen molar-refractivity contribution >= 4 is 0 Å². The van der Waals surface area contributed by atoms with Crippen molar-refractivity contribution in [1.82, 2.24) is 0 Å². The maximum Gasteiger partial charge on any atom is -0.0345 e. The van der Waals surface area contributed by atoms with Crippen LogP contribution in [0.3, 0.4) is 0 Å². The van der Waals surface area contributed by atoms with Crippen LogP contribution in [0.5, 0.6) is 0 Å². The fourth-order valence-corrected chi connectivity index (χ4v) is 1.46. The highest BCUT2D eigenvalue weighted by atomic mass is 13.9. The summed E-state index contributed by atoms with van der Waals surface area (Å²) in [6, 6.07) is 0. The Balaban J connectivity index is 2.28. The van der Waals surface area contributed by atoms with Gasteiger partial charge >= 0.3 is 0 Å². The van der Waals surface area contributed by atoms with Crippen LogP contribution in [-0.4, -0.2) is 0 Å². The van der Waals surface area contributed by atoms with Crippen LogP contribution in [0.4, 0.5) is 0 Å². The molecule has 0 N–H and O–H groups in total. The zero-order chi connectivity index (χ0) is 9.19. The van der Waals surface area contributed by atoms with Crippen molar-refractivity contribution < 1.29 is 0 Å². The van der Waals surface area contributed by atoms with E-state index in [9.17, 15) is 0 Å². The molecule has 0 amide bonds. The first-order chi connectivity index (χ1) is 6.50. The summed E-state index contributed by atoms with van der Waals surface area (Å²) in [6.45, 7) is 0. The summed E-state index contributed by atoms with van der Waals surface area (Å²) in [4.78, 5) is 0. The van der Waals surface area contributed by atoms with Crippen molar-refractivity contribution in [3.8, 4) is 0 Å². The van der Waals surface area contributed by atoms with Crippen molar-refractivity contribution in [2.45, 2.75) is 44.9 Å². The smallest absolute Gasteiger partial charge is 0.0345 e. The third-order valence-corrected chi connectivity index (χ3v) is 2.28. The predicted molar refractivity (Wildman–Crippen MR) is 59.7 cm³/mol. The average Bonchev–Trinajstić information content (AvgIpc) is 2.18. The van der Waals surface area contributed by atoms with Gasteiger partial charge < -0.3 is 0 Å². The zero-order valence-corrected chi connectivity index (χ0v) is 8.41. The Morgan fingerprint density at radius 1 is 0.462 bits per heavy atom. The molecule has 0 atom stereocenters. The van der Waals surface area contributed by atoms with Gasteiger partial charge in [-0.05, 0) is 44.9 Å². The number of rotatable bonds is 0. The molecule has 0 saturated heterocycles. The molecule has 1 aliphatic carbocycles. The van der Waals surface area contributed by atoms with Gasteiger partial charge in [-0.1, -0.05) is 36.5 Å². The van der Waals surface area contributed by atoms with Crippen molar-refractivity contribution in [2.75, 3.05) is 0 Å². The first kappa shape index (κ1) is 10.3. The van der Waals surface area contributed by atoms with E-state index in [1.54, 1.807) is 0 Å². The molecule has 0 aromatic rings. The summed E-state index contributed by atoms with van der Waals surface area (Å²) < 4.78 is 0. The van der Waals surface area contributed by atoms with E-state index < -0.39 is 0 Å². The van der Waals surface area contributed by atoms with Gasteiger partial charge in [0.25, 0.3) is 0 Å². The molecular weight excluding hydrogens is 156 g/mol. The van der Waals surface area contributed by atoms with E-state index in [0.717, 1.165) is 0 Å². The molecule has 0 aliphatic heterocycles. The van der Waals surface area contributed by atoms with Crippen LogP contribution in [0.2, 0.25) is 0 Å². The molecule has 0 unspecified atom stereocenters. The second kappa shape index (κ2) is 7.85. The Bertz CT molecular complexity index is 184. The maximum atomic E-state index is 2.34. The van der Waals surface area contributed by atoms with Gasteiger partial charge in [0.15, 0.2) is 0 Å². The van der Waals surface area contributed by atoms with Crippen LogP contribution in [0.15, 0.2) is 36.5 Å². The Morgan fingerprint density at radius 2 is 0.923 bits per heavy atom. The lowest BCUT2D eigenvalue weighted by Gasteiger charge is -1.92. The molecule has 0 heterocycles. The number of hydrogen-bond acceptors (Lipinski definition) is 0. The summed E-state index contributed by atoms with van der Waals surface area (Å²) in [5.74, 6) is 0. The minimum Gasteiger partial charge on any atom is -0.0885 e. The fraction of sp³-hybridized carbons (Fsp3) is 0.538. The molecule has 0 radical (unpaired) electrons.